The highest BCUT2D eigenvalue weighted by Crippen LogP contribution is 2.21. The molecule has 0 aliphatic carbocycles. The van der Waals surface area contributed by atoms with E-state index in [-0.39, 0.29) is 6.10 Å². The summed E-state index contributed by atoms with van der Waals surface area (Å²) in [5.41, 5.74) is -1.80. The van der Waals surface area contributed by atoms with E-state index in [1.807, 2.05) is 0 Å². The molecule has 0 bridgehead atoms. The molecule has 0 aliphatic rings. The van der Waals surface area contributed by atoms with E-state index in [2.05, 4.69) is 6.58 Å². The minimum atomic E-state index is -1.46. The van der Waals surface area contributed by atoms with Crippen molar-refractivity contribution < 1.29 is 33.3 Å². The van der Waals surface area contributed by atoms with Gasteiger partial charge < -0.3 is 18.9 Å². The maximum atomic E-state index is 12.8. The van der Waals surface area contributed by atoms with E-state index in [1.54, 1.807) is 55.4 Å². The molecule has 0 aliphatic heterocycles. The topological polar surface area (TPSA) is 91.4 Å². The van der Waals surface area contributed by atoms with Crippen LogP contribution < -0.4 is 0 Å². The van der Waals surface area contributed by atoms with Gasteiger partial charge in [0.2, 0.25) is 0 Å². The van der Waals surface area contributed by atoms with Crippen molar-refractivity contribution >= 4 is 18.2 Å². The average Bonchev–Trinajstić information content (AvgIpc) is 2.45. The summed E-state index contributed by atoms with van der Waals surface area (Å²) >= 11 is 0. The summed E-state index contributed by atoms with van der Waals surface area (Å²) in [7, 11) is 1.15. The zero-order valence-corrected chi connectivity index (χ0v) is 17.8. The summed E-state index contributed by atoms with van der Waals surface area (Å²) in [5, 5.41) is 0. The SMILES string of the molecule is C=C[C@H](OC(C)C)[C@H](C(=O)OC)N(C(=O)OC(C)(C)C)C(=O)OC(C)(C)C. The molecule has 0 heterocycles. The number of esters is 1. The largest absolute Gasteiger partial charge is 0.467 e. The number of ether oxygens (including phenoxy) is 4. The van der Waals surface area contributed by atoms with Gasteiger partial charge in [0.25, 0.3) is 0 Å². The van der Waals surface area contributed by atoms with Crippen molar-refractivity contribution in [3.63, 3.8) is 0 Å². The first kappa shape index (κ1) is 24.9. The highest BCUT2D eigenvalue weighted by atomic mass is 16.6. The van der Waals surface area contributed by atoms with Gasteiger partial charge in [-0.2, -0.15) is 4.90 Å². The molecule has 2 amide bonds. The van der Waals surface area contributed by atoms with Crippen LogP contribution in [0.1, 0.15) is 55.4 Å². The lowest BCUT2D eigenvalue weighted by Gasteiger charge is -2.35. The van der Waals surface area contributed by atoms with Crippen molar-refractivity contribution in [2.75, 3.05) is 7.11 Å². The standard InChI is InChI=1S/C19H33NO7/c1-11-13(25-12(2)3)14(15(21)24-10)20(16(22)26-18(4,5)6)17(23)27-19(7,8)9/h11-14H,1H2,2-10H3/t13-,14+/m0/s1. The molecule has 2 atom stereocenters. The maximum Gasteiger partial charge on any atom is 0.420 e. The van der Waals surface area contributed by atoms with Gasteiger partial charge in [-0.25, -0.2) is 14.4 Å². The van der Waals surface area contributed by atoms with E-state index in [9.17, 15) is 14.4 Å². The van der Waals surface area contributed by atoms with Gasteiger partial charge in [0, 0.05) is 0 Å². The number of methoxy groups -OCH3 is 1. The number of hydrogen-bond donors (Lipinski definition) is 0. The second-order valence-corrected chi connectivity index (χ2v) is 8.18. The molecular weight excluding hydrogens is 354 g/mol. The van der Waals surface area contributed by atoms with Crippen molar-refractivity contribution in [3.05, 3.63) is 12.7 Å². The second-order valence-electron chi connectivity index (χ2n) is 8.18. The van der Waals surface area contributed by atoms with E-state index in [1.165, 1.54) is 6.08 Å². The molecule has 0 aromatic heterocycles. The molecule has 0 fully saturated rings. The molecule has 0 saturated carbocycles. The molecule has 0 aromatic rings. The van der Waals surface area contributed by atoms with Gasteiger partial charge in [-0.15, -0.1) is 6.58 Å². The lowest BCUT2D eigenvalue weighted by Crippen LogP contribution is -2.57. The minimum absolute atomic E-state index is 0.306. The van der Waals surface area contributed by atoms with Crippen molar-refractivity contribution in [1.29, 1.82) is 0 Å². The van der Waals surface area contributed by atoms with Gasteiger partial charge in [-0.1, -0.05) is 6.08 Å². The van der Waals surface area contributed by atoms with Gasteiger partial charge in [0.15, 0.2) is 6.04 Å². The monoisotopic (exact) mass is 387 g/mol. The van der Waals surface area contributed by atoms with Crippen LogP contribution in [0, 0.1) is 0 Å². The minimum Gasteiger partial charge on any atom is -0.467 e. The fourth-order valence-corrected chi connectivity index (χ4v) is 2.00. The van der Waals surface area contributed by atoms with Crippen molar-refractivity contribution in [2.45, 2.75) is 84.8 Å². The first-order valence-electron chi connectivity index (χ1n) is 8.74. The van der Waals surface area contributed by atoms with Crippen LogP contribution in [0.4, 0.5) is 9.59 Å². The summed E-state index contributed by atoms with van der Waals surface area (Å²) in [5.74, 6) is -0.864. The smallest absolute Gasteiger partial charge is 0.420 e. The lowest BCUT2D eigenvalue weighted by atomic mass is 10.1. The van der Waals surface area contributed by atoms with Gasteiger partial charge in [0.05, 0.1) is 13.2 Å². The first-order chi connectivity index (χ1) is 12.1. The van der Waals surface area contributed by atoms with E-state index in [0.29, 0.717) is 4.90 Å². The normalized spacial score (nSPS) is 14.1. The average molecular weight is 387 g/mol. The molecule has 0 saturated heterocycles. The quantitative estimate of drug-likeness (QED) is 0.390. The fourth-order valence-electron chi connectivity index (χ4n) is 2.00. The number of imide groups is 1. The Kier molecular flexibility index (Phi) is 8.98. The zero-order valence-electron chi connectivity index (χ0n) is 17.8. The molecule has 0 aromatic carbocycles. The Morgan fingerprint density at radius 2 is 1.33 bits per heavy atom. The molecule has 8 heteroatoms. The van der Waals surface area contributed by atoms with Crippen molar-refractivity contribution in [3.8, 4) is 0 Å². The number of carbonyl (C=O) groups excluding carboxylic acids is 3. The summed E-state index contributed by atoms with van der Waals surface area (Å²) in [6.07, 6.45) is -2.10. The van der Waals surface area contributed by atoms with Crippen LogP contribution in [0.25, 0.3) is 0 Å². The molecule has 0 rings (SSSR count). The Morgan fingerprint density at radius 3 is 1.59 bits per heavy atom. The highest BCUT2D eigenvalue weighted by molar-refractivity contribution is 5.94. The summed E-state index contributed by atoms with van der Waals surface area (Å²) in [4.78, 5) is 38.6. The Labute approximate surface area is 161 Å². The second kappa shape index (κ2) is 9.73. The number of nitrogens with zero attached hydrogens (tertiary/aromatic N) is 1. The molecule has 0 radical (unpaired) electrons. The van der Waals surface area contributed by atoms with Gasteiger partial charge in [-0.3, -0.25) is 0 Å². The Hall–Kier alpha value is -2.09. The predicted octanol–water partition coefficient (Wildman–Crippen LogP) is 3.68. The summed E-state index contributed by atoms with van der Waals surface area (Å²) in [6, 6.07) is -1.46. The number of carbonyl (C=O) groups is 3. The van der Waals surface area contributed by atoms with Crippen LogP contribution in [-0.4, -0.2) is 59.6 Å². The van der Waals surface area contributed by atoms with E-state index in [0.717, 1.165) is 7.11 Å². The van der Waals surface area contributed by atoms with Crippen LogP contribution in [-0.2, 0) is 23.7 Å². The maximum absolute atomic E-state index is 12.8. The number of rotatable bonds is 6. The van der Waals surface area contributed by atoms with Crippen LogP contribution in [0.15, 0.2) is 12.7 Å². The first-order valence-corrected chi connectivity index (χ1v) is 8.74. The lowest BCUT2D eigenvalue weighted by molar-refractivity contribution is -0.152. The van der Waals surface area contributed by atoms with Crippen molar-refractivity contribution in [1.82, 2.24) is 4.90 Å². The molecule has 156 valence electrons. The highest BCUT2D eigenvalue weighted by Gasteiger charge is 2.45. The third-order valence-corrected chi connectivity index (χ3v) is 2.87. The van der Waals surface area contributed by atoms with E-state index >= 15 is 0 Å². The van der Waals surface area contributed by atoms with Crippen LogP contribution >= 0.6 is 0 Å². The molecular formula is C19H33NO7. The van der Waals surface area contributed by atoms with Gasteiger partial charge in [0.1, 0.15) is 17.3 Å². The molecule has 0 N–H and O–H groups in total. The van der Waals surface area contributed by atoms with Gasteiger partial charge in [-0.05, 0) is 55.4 Å². The Bertz CT molecular complexity index is 515. The third kappa shape index (κ3) is 8.90. The summed E-state index contributed by atoms with van der Waals surface area (Å²) < 4.78 is 21.0. The van der Waals surface area contributed by atoms with Crippen LogP contribution in [0.5, 0.6) is 0 Å². The molecule has 0 unspecified atom stereocenters. The molecule has 8 nitrogen and oxygen atoms in total. The van der Waals surface area contributed by atoms with Crippen LogP contribution in [0.2, 0.25) is 0 Å². The number of hydrogen-bond acceptors (Lipinski definition) is 7. The molecule has 27 heavy (non-hydrogen) atoms. The van der Waals surface area contributed by atoms with E-state index in [4.69, 9.17) is 18.9 Å². The summed E-state index contributed by atoms with van der Waals surface area (Å²) in [6.45, 7) is 17.0. The number of amides is 2. The van der Waals surface area contributed by atoms with Crippen LogP contribution in [0.3, 0.4) is 0 Å². The molecule has 0 spiro atoms. The fraction of sp³-hybridized carbons (Fsp3) is 0.737. The Balaban J connectivity index is 6.17. The third-order valence-electron chi connectivity index (χ3n) is 2.87. The predicted molar refractivity (Wildman–Crippen MR) is 100 cm³/mol. The zero-order chi connectivity index (χ0) is 21.6. The van der Waals surface area contributed by atoms with E-state index < -0.39 is 41.5 Å². The Morgan fingerprint density at radius 1 is 0.926 bits per heavy atom. The van der Waals surface area contributed by atoms with Crippen molar-refractivity contribution in [2.24, 2.45) is 0 Å². The van der Waals surface area contributed by atoms with Gasteiger partial charge >= 0.3 is 18.2 Å².